The third-order valence-electron chi connectivity index (χ3n) is 2.55. The molecule has 13 heavy (non-hydrogen) atoms. The molecule has 0 saturated carbocycles. The van der Waals surface area contributed by atoms with Crippen molar-refractivity contribution in [3.8, 4) is 0 Å². The van der Waals surface area contributed by atoms with Crippen molar-refractivity contribution < 1.29 is 0 Å². The largest absolute Gasteiger partial charge is 0.317 e. The van der Waals surface area contributed by atoms with Crippen molar-refractivity contribution in [1.29, 1.82) is 0 Å². The molecule has 1 aliphatic heterocycles. The number of nitrogens with one attached hydrogen (secondary N) is 2. The second-order valence-corrected chi connectivity index (χ2v) is 4.14. The van der Waals surface area contributed by atoms with Crippen LogP contribution in [0.3, 0.4) is 0 Å². The molecule has 0 atom stereocenters. The van der Waals surface area contributed by atoms with E-state index < -0.39 is 0 Å². The first-order chi connectivity index (χ1) is 6.29. The van der Waals surface area contributed by atoms with Crippen molar-refractivity contribution in [3.05, 3.63) is 0 Å². The highest BCUT2D eigenvalue weighted by molar-refractivity contribution is 4.73. The van der Waals surface area contributed by atoms with Crippen molar-refractivity contribution in [2.75, 3.05) is 40.3 Å². The topological polar surface area (TPSA) is 27.3 Å². The van der Waals surface area contributed by atoms with Gasteiger partial charge in [-0.05, 0) is 59.5 Å². The summed E-state index contributed by atoms with van der Waals surface area (Å²) in [5, 5.41) is 6.99. The maximum Gasteiger partial charge on any atom is 0.00912 e. The van der Waals surface area contributed by atoms with Crippen LogP contribution in [0.25, 0.3) is 0 Å². The SMILES string of the molecule is CN(C)CCCNC1CCNCC1. The first-order valence-corrected chi connectivity index (χ1v) is 5.38. The van der Waals surface area contributed by atoms with E-state index >= 15 is 0 Å². The zero-order valence-corrected chi connectivity index (χ0v) is 8.97. The van der Waals surface area contributed by atoms with Crippen molar-refractivity contribution in [1.82, 2.24) is 15.5 Å². The van der Waals surface area contributed by atoms with Crippen LogP contribution in [-0.4, -0.2) is 51.2 Å². The van der Waals surface area contributed by atoms with Gasteiger partial charge in [0.1, 0.15) is 0 Å². The lowest BCUT2D eigenvalue weighted by atomic mass is 10.1. The fourth-order valence-corrected chi connectivity index (χ4v) is 1.73. The second-order valence-electron chi connectivity index (χ2n) is 4.14. The molecule has 1 saturated heterocycles. The van der Waals surface area contributed by atoms with E-state index in [2.05, 4.69) is 29.6 Å². The lowest BCUT2D eigenvalue weighted by Crippen LogP contribution is -2.40. The zero-order valence-electron chi connectivity index (χ0n) is 8.97. The Bertz CT molecular complexity index is 119. The molecule has 0 aromatic heterocycles. The summed E-state index contributed by atoms with van der Waals surface area (Å²) in [5.41, 5.74) is 0. The van der Waals surface area contributed by atoms with Gasteiger partial charge in [-0.15, -0.1) is 0 Å². The van der Waals surface area contributed by atoms with Gasteiger partial charge in [-0.1, -0.05) is 0 Å². The van der Waals surface area contributed by atoms with Gasteiger partial charge >= 0.3 is 0 Å². The number of hydrogen-bond donors (Lipinski definition) is 2. The van der Waals surface area contributed by atoms with Crippen LogP contribution in [0.15, 0.2) is 0 Å². The van der Waals surface area contributed by atoms with Crippen LogP contribution in [0.4, 0.5) is 0 Å². The van der Waals surface area contributed by atoms with Gasteiger partial charge in [-0.2, -0.15) is 0 Å². The van der Waals surface area contributed by atoms with E-state index in [0.29, 0.717) is 0 Å². The van der Waals surface area contributed by atoms with Crippen molar-refractivity contribution >= 4 is 0 Å². The number of rotatable bonds is 5. The van der Waals surface area contributed by atoms with Crippen LogP contribution in [0.2, 0.25) is 0 Å². The fraction of sp³-hybridized carbons (Fsp3) is 1.00. The van der Waals surface area contributed by atoms with Crippen molar-refractivity contribution in [2.24, 2.45) is 0 Å². The Labute approximate surface area is 81.9 Å². The molecule has 0 bridgehead atoms. The average molecular weight is 185 g/mol. The lowest BCUT2D eigenvalue weighted by molar-refractivity contribution is 0.357. The van der Waals surface area contributed by atoms with Gasteiger partial charge in [0.15, 0.2) is 0 Å². The molecule has 0 spiro atoms. The van der Waals surface area contributed by atoms with Gasteiger partial charge in [-0.3, -0.25) is 0 Å². The molecule has 0 radical (unpaired) electrons. The highest BCUT2D eigenvalue weighted by Gasteiger charge is 2.10. The second kappa shape index (κ2) is 6.35. The zero-order chi connectivity index (χ0) is 9.52. The van der Waals surface area contributed by atoms with E-state index in [-0.39, 0.29) is 0 Å². The third kappa shape index (κ3) is 5.24. The predicted octanol–water partition coefficient (Wildman–Crippen LogP) is 0.280. The standard InChI is InChI=1S/C10H23N3/c1-13(2)9-3-6-12-10-4-7-11-8-5-10/h10-12H,3-9H2,1-2H3. The summed E-state index contributed by atoms with van der Waals surface area (Å²) in [7, 11) is 4.26. The Balaban J connectivity index is 1.92. The Kier molecular flexibility index (Phi) is 5.35. The van der Waals surface area contributed by atoms with Crippen LogP contribution < -0.4 is 10.6 Å². The summed E-state index contributed by atoms with van der Waals surface area (Å²) in [4.78, 5) is 2.24. The monoisotopic (exact) mass is 185 g/mol. The minimum atomic E-state index is 0.767. The van der Waals surface area contributed by atoms with Gasteiger partial charge in [0, 0.05) is 6.04 Å². The summed E-state index contributed by atoms with van der Waals surface area (Å²) in [6.45, 7) is 4.73. The quantitative estimate of drug-likeness (QED) is 0.603. The Morgan fingerprint density at radius 2 is 2.00 bits per heavy atom. The fourth-order valence-electron chi connectivity index (χ4n) is 1.73. The van der Waals surface area contributed by atoms with E-state index in [4.69, 9.17) is 0 Å². The summed E-state index contributed by atoms with van der Waals surface area (Å²) in [5.74, 6) is 0. The number of piperidine rings is 1. The molecule has 3 heteroatoms. The van der Waals surface area contributed by atoms with E-state index in [1.807, 2.05) is 0 Å². The number of hydrogen-bond acceptors (Lipinski definition) is 3. The van der Waals surface area contributed by atoms with Crippen LogP contribution in [0.1, 0.15) is 19.3 Å². The molecular formula is C10H23N3. The summed E-state index contributed by atoms with van der Waals surface area (Å²) < 4.78 is 0. The molecule has 0 aliphatic carbocycles. The maximum absolute atomic E-state index is 3.61. The summed E-state index contributed by atoms with van der Waals surface area (Å²) >= 11 is 0. The normalized spacial score (nSPS) is 19.6. The van der Waals surface area contributed by atoms with Crippen LogP contribution in [-0.2, 0) is 0 Å². The molecular weight excluding hydrogens is 162 g/mol. The highest BCUT2D eigenvalue weighted by atomic mass is 15.1. The summed E-state index contributed by atoms with van der Waals surface area (Å²) in [6, 6.07) is 0.767. The predicted molar refractivity (Wildman–Crippen MR) is 57.1 cm³/mol. The van der Waals surface area contributed by atoms with E-state index in [1.165, 1.54) is 45.4 Å². The third-order valence-corrected chi connectivity index (χ3v) is 2.55. The Morgan fingerprint density at radius 3 is 2.62 bits per heavy atom. The maximum atomic E-state index is 3.61. The molecule has 3 nitrogen and oxygen atoms in total. The van der Waals surface area contributed by atoms with Crippen LogP contribution in [0.5, 0.6) is 0 Å². The highest BCUT2D eigenvalue weighted by Crippen LogP contribution is 2.01. The molecule has 1 heterocycles. The first-order valence-electron chi connectivity index (χ1n) is 5.38. The smallest absolute Gasteiger partial charge is 0.00912 e. The molecule has 0 aromatic rings. The van der Waals surface area contributed by atoms with E-state index in [0.717, 1.165) is 6.04 Å². The average Bonchev–Trinajstić information content (AvgIpc) is 2.14. The molecule has 1 rings (SSSR count). The molecule has 0 unspecified atom stereocenters. The minimum absolute atomic E-state index is 0.767. The van der Waals surface area contributed by atoms with Gasteiger partial charge in [-0.25, -0.2) is 0 Å². The van der Waals surface area contributed by atoms with E-state index in [9.17, 15) is 0 Å². The van der Waals surface area contributed by atoms with Gasteiger partial charge in [0.05, 0.1) is 0 Å². The van der Waals surface area contributed by atoms with Gasteiger partial charge < -0.3 is 15.5 Å². The Hall–Kier alpha value is -0.120. The lowest BCUT2D eigenvalue weighted by Gasteiger charge is -2.24. The molecule has 78 valence electrons. The van der Waals surface area contributed by atoms with Gasteiger partial charge in [0.2, 0.25) is 0 Å². The Morgan fingerprint density at radius 1 is 1.31 bits per heavy atom. The minimum Gasteiger partial charge on any atom is -0.317 e. The van der Waals surface area contributed by atoms with Crippen molar-refractivity contribution in [3.63, 3.8) is 0 Å². The van der Waals surface area contributed by atoms with Crippen LogP contribution >= 0.6 is 0 Å². The molecule has 1 fully saturated rings. The molecule has 0 aromatic carbocycles. The van der Waals surface area contributed by atoms with Gasteiger partial charge in [0.25, 0.3) is 0 Å². The molecule has 2 N–H and O–H groups in total. The summed E-state index contributed by atoms with van der Waals surface area (Å²) in [6.07, 6.45) is 3.85. The molecule has 0 amide bonds. The van der Waals surface area contributed by atoms with Crippen molar-refractivity contribution in [2.45, 2.75) is 25.3 Å². The van der Waals surface area contributed by atoms with E-state index in [1.54, 1.807) is 0 Å². The first kappa shape index (κ1) is 11.0. The van der Waals surface area contributed by atoms with Crippen LogP contribution in [0, 0.1) is 0 Å². The molecule has 1 aliphatic rings. The number of nitrogens with zero attached hydrogens (tertiary/aromatic N) is 1.